The van der Waals surface area contributed by atoms with Crippen molar-refractivity contribution in [2.75, 3.05) is 25.5 Å². The molecule has 2 unspecified atom stereocenters. The van der Waals surface area contributed by atoms with Gasteiger partial charge in [-0.2, -0.15) is 0 Å². The summed E-state index contributed by atoms with van der Waals surface area (Å²) in [4.78, 5) is 14.1. The van der Waals surface area contributed by atoms with Crippen LogP contribution in [0.5, 0.6) is 0 Å². The molecule has 1 aromatic rings. The highest BCUT2D eigenvalue weighted by molar-refractivity contribution is 5.92. The molecule has 1 aromatic carbocycles. The highest BCUT2D eigenvalue weighted by Crippen LogP contribution is 2.18. The second-order valence-electron chi connectivity index (χ2n) is 5.58. The molecule has 0 aliphatic carbocycles. The maximum Gasteiger partial charge on any atom is 0.238 e. The Bertz CT molecular complexity index is 489. The van der Waals surface area contributed by atoms with E-state index in [1.54, 1.807) is 0 Å². The second-order valence-corrected chi connectivity index (χ2v) is 5.58. The van der Waals surface area contributed by atoms with E-state index in [9.17, 15) is 13.6 Å². The minimum Gasteiger partial charge on any atom is -0.320 e. The summed E-state index contributed by atoms with van der Waals surface area (Å²) in [5, 5.41) is 5.42. The van der Waals surface area contributed by atoms with Crippen molar-refractivity contribution in [3.63, 3.8) is 0 Å². The van der Waals surface area contributed by atoms with Gasteiger partial charge in [0, 0.05) is 12.1 Å². The molecule has 1 heterocycles. The number of nitrogens with one attached hydrogen (secondary N) is 2. The average Bonchev–Trinajstić information content (AvgIpc) is 2.44. The zero-order valence-corrected chi connectivity index (χ0v) is 12.3. The first-order valence-electron chi connectivity index (χ1n) is 7.15. The number of carbonyl (C=O) groups is 1. The van der Waals surface area contributed by atoms with Crippen LogP contribution < -0.4 is 10.6 Å². The molecule has 0 aromatic heterocycles. The molecular formula is C15H21F2N3O. The molecule has 6 heteroatoms. The van der Waals surface area contributed by atoms with Gasteiger partial charge in [0.15, 0.2) is 0 Å². The van der Waals surface area contributed by atoms with Gasteiger partial charge in [-0.15, -0.1) is 0 Å². The molecule has 0 saturated carbocycles. The summed E-state index contributed by atoms with van der Waals surface area (Å²) in [6.45, 7) is 3.17. The number of para-hydroxylation sites is 1. The van der Waals surface area contributed by atoms with E-state index in [0.717, 1.165) is 31.5 Å². The molecule has 0 bridgehead atoms. The average molecular weight is 297 g/mol. The number of benzene rings is 1. The first-order chi connectivity index (χ1) is 9.97. The Balaban J connectivity index is 1.83. The summed E-state index contributed by atoms with van der Waals surface area (Å²) in [6, 6.07) is 4.21. The molecule has 116 valence electrons. The highest BCUT2D eigenvalue weighted by Gasteiger charge is 2.23. The number of nitrogens with zero attached hydrogens (tertiary/aromatic N) is 1. The number of amides is 1. The smallest absolute Gasteiger partial charge is 0.238 e. The number of piperidine rings is 1. The van der Waals surface area contributed by atoms with Crippen LogP contribution in [0, 0.1) is 11.6 Å². The van der Waals surface area contributed by atoms with Crippen molar-refractivity contribution >= 4 is 11.6 Å². The molecule has 2 rings (SSSR count). The summed E-state index contributed by atoms with van der Waals surface area (Å²) in [5.41, 5.74) is -0.388. The zero-order chi connectivity index (χ0) is 15.4. The summed E-state index contributed by atoms with van der Waals surface area (Å²) in [7, 11) is 2.08. The van der Waals surface area contributed by atoms with Gasteiger partial charge >= 0.3 is 0 Å². The Morgan fingerprint density at radius 3 is 2.67 bits per heavy atom. The molecule has 21 heavy (non-hydrogen) atoms. The van der Waals surface area contributed by atoms with Crippen molar-refractivity contribution < 1.29 is 13.6 Å². The topological polar surface area (TPSA) is 44.4 Å². The number of hydrogen-bond acceptors (Lipinski definition) is 3. The van der Waals surface area contributed by atoms with Gasteiger partial charge in [0.1, 0.15) is 17.3 Å². The van der Waals surface area contributed by atoms with Gasteiger partial charge in [-0.05, 0) is 45.5 Å². The lowest BCUT2D eigenvalue weighted by Gasteiger charge is -2.35. The standard InChI is InChI=1S/C15H21F2N3O/c1-10-8-11(6-7-20(10)2)18-9-14(21)19-15-12(16)4-3-5-13(15)17/h3-5,10-11,18H,6-9H2,1-2H3,(H,19,21). The van der Waals surface area contributed by atoms with Gasteiger partial charge in [-0.1, -0.05) is 6.07 Å². The van der Waals surface area contributed by atoms with E-state index in [1.807, 2.05) is 0 Å². The van der Waals surface area contributed by atoms with Crippen molar-refractivity contribution in [3.05, 3.63) is 29.8 Å². The van der Waals surface area contributed by atoms with Crippen LogP contribution in [0.25, 0.3) is 0 Å². The van der Waals surface area contributed by atoms with Crippen molar-refractivity contribution in [2.24, 2.45) is 0 Å². The molecule has 0 spiro atoms. The quantitative estimate of drug-likeness (QED) is 0.893. The Morgan fingerprint density at radius 2 is 2.05 bits per heavy atom. The molecule has 1 aliphatic heterocycles. The van der Waals surface area contributed by atoms with Gasteiger partial charge in [0.2, 0.25) is 5.91 Å². The Labute approximate surface area is 123 Å². The monoisotopic (exact) mass is 297 g/mol. The van der Waals surface area contributed by atoms with Crippen molar-refractivity contribution in [1.29, 1.82) is 0 Å². The van der Waals surface area contributed by atoms with Crippen LogP contribution in [0.3, 0.4) is 0 Å². The van der Waals surface area contributed by atoms with Crippen LogP contribution in [0.2, 0.25) is 0 Å². The zero-order valence-electron chi connectivity index (χ0n) is 12.3. The molecule has 2 N–H and O–H groups in total. The lowest BCUT2D eigenvalue weighted by Crippen LogP contribution is -2.47. The minimum atomic E-state index is -0.767. The predicted molar refractivity (Wildman–Crippen MR) is 78.1 cm³/mol. The van der Waals surface area contributed by atoms with E-state index in [4.69, 9.17) is 0 Å². The highest BCUT2D eigenvalue weighted by atomic mass is 19.1. The number of carbonyl (C=O) groups excluding carboxylic acids is 1. The number of anilines is 1. The van der Waals surface area contributed by atoms with E-state index >= 15 is 0 Å². The second kappa shape index (κ2) is 6.95. The van der Waals surface area contributed by atoms with E-state index in [-0.39, 0.29) is 18.3 Å². The summed E-state index contributed by atoms with van der Waals surface area (Å²) in [5.74, 6) is -1.97. The molecule has 1 aliphatic rings. The van der Waals surface area contributed by atoms with Gasteiger partial charge < -0.3 is 15.5 Å². The van der Waals surface area contributed by atoms with Gasteiger partial charge in [-0.3, -0.25) is 4.79 Å². The van der Waals surface area contributed by atoms with Crippen LogP contribution in [0.1, 0.15) is 19.8 Å². The summed E-state index contributed by atoms with van der Waals surface area (Å²) >= 11 is 0. The largest absolute Gasteiger partial charge is 0.320 e. The lowest BCUT2D eigenvalue weighted by molar-refractivity contribution is -0.115. The van der Waals surface area contributed by atoms with Crippen LogP contribution in [0.4, 0.5) is 14.5 Å². The molecule has 1 saturated heterocycles. The number of rotatable bonds is 4. The Morgan fingerprint density at radius 1 is 1.38 bits per heavy atom. The van der Waals surface area contributed by atoms with Gasteiger partial charge in [0.05, 0.1) is 6.54 Å². The van der Waals surface area contributed by atoms with Gasteiger partial charge in [0.25, 0.3) is 0 Å². The lowest BCUT2D eigenvalue weighted by atomic mass is 9.99. The minimum absolute atomic E-state index is 0.0505. The van der Waals surface area contributed by atoms with E-state index < -0.39 is 17.5 Å². The third kappa shape index (κ3) is 4.22. The molecule has 1 fully saturated rings. The van der Waals surface area contributed by atoms with Crippen molar-refractivity contribution in [2.45, 2.75) is 31.8 Å². The van der Waals surface area contributed by atoms with Gasteiger partial charge in [-0.25, -0.2) is 8.78 Å². The van der Waals surface area contributed by atoms with E-state index in [2.05, 4.69) is 29.5 Å². The number of halogens is 2. The van der Waals surface area contributed by atoms with Crippen molar-refractivity contribution in [3.8, 4) is 0 Å². The summed E-state index contributed by atoms with van der Waals surface area (Å²) < 4.78 is 26.8. The van der Waals surface area contributed by atoms with Crippen molar-refractivity contribution in [1.82, 2.24) is 10.2 Å². The van der Waals surface area contributed by atoms with E-state index in [1.165, 1.54) is 6.07 Å². The SMILES string of the molecule is CC1CC(NCC(=O)Nc2c(F)cccc2F)CCN1C. The fraction of sp³-hybridized carbons (Fsp3) is 0.533. The first kappa shape index (κ1) is 15.9. The third-order valence-electron chi connectivity index (χ3n) is 3.99. The van der Waals surface area contributed by atoms with Crippen LogP contribution in [-0.2, 0) is 4.79 Å². The fourth-order valence-electron chi connectivity index (χ4n) is 2.51. The maximum absolute atomic E-state index is 13.4. The maximum atomic E-state index is 13.4. The molecule has 4 nitrogen and oxygen atoms in total. The van der Waals surface area contributed by atoms with Crippen LogP contribution >= 0.6 is 0 Å². The molecular weight excluding hydrogens is 276 g/mol. The molecule has 0 radical (unpaired) electrons. The Kier molecular flexibility index (Phi) is 5.25. The number of hydrogen-bond donors (Lipinski definition) is 2. The Hall–Kier alpha value is -1.53. The molecule has 2 atom stereocenters. The number of likely N-dealkylation sites (tertiary alicyclic amines) is 1. The summed E-state index contributed by atoms with van der Waals surface area (Å²) in [6.07, 6.45) is 1.92. The fourth-order valence-corrected chi connectivity index (χ4v) is 2.51. The normalized spacial score (nSPS) is 23.0. The molecule has 1 amide bonds. The predicted octanol–water partition coefficient (Wildman–Crippen LogP) is 1.98. The van der Waals surface area contributed by atoms with E-state index in [0.29, 0.717) is 6.04 Å². The van der Waals surface area contributed by atoms with Crippen LogP contribution in [0.15, 0.2) is 18.2 Å². The van der Waals surface area contributed by atoms with Crippen LogP contribution in [-0.4, -0.2) is 43.0 Å². The first-order valence-corrected chi connectivity index (χ1v) is 7.15. The third-order valence-corrected chi connectivity index (χ3v) is 3.99.